The van der Waals surface area contributed by atoms with Crippen molar-refractivity contribution < 1.29 is 18.4 Å². The van der Waals surface area contributed by atoms with Crippen LogP contribution in [0.1, 0.15) is 33.5 Å². The Balaban J connectivity index is 1.42. The van der Waals surface area contributed by atoms with Crippen LogP contribution in [0.15, 0.2) is 47.3 Å². The van der Waals surface area contributed by atoms with Gasteiger partial charge in [-0.3, -0.25) is 14.6 Å². The van der Waals surface area contributed by atoms with E-state index in [1.807, 2.05) is 23.8 Å². The molecule has 0 saturated heterocycles. The third kappa shape index (κ3) is 5.34. The van der Waals surface area contributed by atoms with E-state index in [0.717, 1.165) is 34.0 Å². The van der Waals surface area contributed by atoms with E-state index in [1.54, 1.807) is 22.4 Å². The standard InChI is InChI=1S/C25H23F2N3O2S/c1-16-21(13-29-23(31)11-17-8-10-33-15-17)20-7-9-30(14-19(20)12-28-16)24(32)6-5-18-3-2-4-22(26)25(18)27/h2-6,8,10,12,15H,7,9,11,13-14H2,1H3,(H,29,31)/b6-5+. The molecular weight excluding hydrogens is 444 g/mol. The number of amides is 2. The predicted molar refractivity (Wildman–Crippen MR) is 123 cm³/mol. The summed E-state index contributed by atoms with van der Waals surface area (Å²) in [5, 5.41) is 6.88. The smallest absolute Gasteiger partial charge is 0.246 e. The lowest BCUT2D eigenvalue weighted by atomic mass is 9.94. The number of aryl methyl sites for hydroxylation is 1. The zero-order chi connectivity index (χ0) is 23.4. The number of rotatable bonds is 6. The van der Waals surface area contributed by atoms with Crippen LogP contribution in [0.2, 0.25) is 0 Å². The number of aromatic nitrogens is 1. The van der Waals surface area contributed by atoms with Gasteiger partial charge in [0.2, 0.25) is 11.8 Å². The first-order valence-electron chi connectivity index (χ1n) is 10.6. The van der Waals surface area contributed by atoms with Crippen LogP contribution in [0, 0.1) is 18.6 Å². The zero-order valence-corrected chi connectivity index (χ0v) is 18.9. The first-order valence-corrected chi connectivity index (χ1v) is 11.5. The molecule has 2 aromatic heterocycles. The van der Waals surface area contributed by atoms with Gasteiger partial charge in [0.1, 0.15) is 0 Å². The number of carbonyl (C=O) groups is 2. The Labute approximate surface area is 194 Å². The Hall–Kier alpha value is -3.39. The molecule has 0 saturated carbocycles. The average molecular weight is 468 g/mol. The van der Waals surface area contributed by atoms with Gasteiger partial charge >= 0.3 is 0 Å². The first-order chi connectivity index (χ1) is 15.9. The van der Waals surface area contributed by atoms with Crippen molar-refractivity contribution in [2.75, 3.05) is 6.54 Å². The maximum atomic E-state index is 13.8. The van der Waals surface area contributed by atoms with E-state index in [1.165, 1.54) is 24.3 Å². The summed E-state index contributed by atoms with van der Waals surface area (Å²) in [6, 6.07) is 5.78. The highest BCUT2D eigenvalue weighted by atomic mass is 32.1. The van der Waals surface area contributed by atoms with Crippen molar-refractivity contribution in [1.82, 2.24) is 15.2 Å². The molecule has 0 bridgehead atoms. The number of fused-ring (bicyclic) bond motifs is 1. The molecule has 1 aromatic carbocycles. The molecule has 4 rings (SSSR count). The predicted octanol–water partition coefficient (Wildman–Crippen LogP) is 4.19. The van der Waals surface area contributed by atoms with Crippen LogP contribution in [-0.2, 0) is 35.5 Å². The highest BCUT2D eigenvalue weighted by Gasteiger charge is 2.23. The molecular formula is C25H23F2N3O2S. The topological polar surface area (TPSA) is 62.3 Å². The van der Waals surface area contributed by atoms with Gasteiger partial charge in [0.25, 0.3) is 0 Å². The maximum absolute atomic E-state index is 13.8. The molecule has 170 valence electrons. The molecule has 8 heteroatoms. The second kappa shape index (κ2) is 10.0. The number of nitrogens with zero attached hydrogens (tertiary/aromatic N) is 2. The summed E-state index contributed by atoms with van der Waals surface area (Å²) in [6.07, 6.45) is 5.28. The van der Waals surface area contributed by atoms with Gasteiger partial charge in [-0.15, -0.1) is 0 Å². The number of hydrogen-bond acceptors (Lipinski definition) is 4. The lowest BCUT2D eigenvalue weighted by Crippen LogP contribution is -2.36. The van der Waals surface area contributed by atoms with Gasteiger partial charge in [0.15, 0.2) is 11.6 Å². The van der Waals surface area contributed by atoms with Gasteiger partial charge < -0.3 is 10.2 Å². The van der Waals surface area contributed by atoms with Crippen molar-refractivity contribution in [2.24, 2.45) is 0 Å². The number of carbonyl (C=O) groups excluding carboxylic acids is 2. The summed E-state index contributed by atoms with van der Waals surface area (Å²) in [6.45, 7) is 3.15. The molecule has 0 aliphatic carbocycles. The lowest BCUT2D eigenvalue weighted by molar-refractivity contribution is -0.126. The van der Waals surface area contributed by atoms with Crippen LogP contribution in [0.5, 0.6) is 0 Å². The molecule has 1 aliphatic heterocycles. The first kappa shape index (κ1) is 22.8. The van der Waals surface area contributed by atoms with E-state index in [-0.39, 0.29) is 17.4 Å². The Morgan fingerprint density at radius 1 is 1.27 bits per heavy atom. The average Bonchev–Trinajstić information content (AvgIpc) is 3.32. The second-order valence-corrected chi connectivity index (χ2v) is 8.68. The Kier molecular flexibility index (Phi) is 6.93. The SMILES string of the molecule is Cc1ncc2c(c1CNC(=O)Cc1ccsc1)CCN(C(=O)/C=C/c1cccc(F)c1F)C2. The number of benzene rings is 1. The molecule has 1 N–H and O–H groups in total. The summed E-state index contributed by atoms with van der Waals surface area (Å²) < 4.78 is 27.2. The minimum atomic E-state index is -0.976. The fraction of sp³-hybridized carbons (Fsp3) is 0.240. The van der Waals surface area contributed by atoms with Gasteiger partial charge in [-0.05, 0) is 64.6 Å². The summed E-state index contributed by atoms with van der Waals surface area (Å²) >= 11 is 1.56. The number of halogens is 2. The largest absolute Gasteiger partial charge is 0.352 e. The zero-order valence-electron chi connectivity index (χ0n) is 18.1. The number of hydrogen-bond donors (Lipinski definition) is 1. The van der Waals surface area contributed by atoms with Crippen LogP contribution in [0.3, 0.4) is 0 Å². The molecule has 0 radical (unpaired) electrons. The van der Waals surface area contributed by atoms with Crippen LogP contribution >= 0.6 is 11.3 Å². The van der Waals surface area contributed by atoms with Crippen LogP contribution < -0.4 is 5.32 Å². The van der Waals surface area contributed by atoms with Gasteiger partial charge in [-0.25, -0.2) is 8.78 Å². The number of thiophene rings is 1. The van der Waals surface area contributed by atoms with Crippen LogP contribution in [0.25, 0.3) is 6.08 Å². The molecule has 3 aromatic rings. The quantitative estimate of drug-likeness (QED) is 0.553. The van der Waals surface area contributed by atoms with E-state index in [0.29, 0.717) is 32.5 Å². The molecule has 5 nitrogen and oxygen atoms in total. The van der Waals surface area contributed by atoms with Crippen LogP contribution in [0.4, 0.5) is 8.78 Å². The normalized spacial score (nSPS) is 13.2. The van der Waals surface area contributed by atoms with Crippen LogP contribution in [-0.4, -0.2) is 28.2 Å². The molecule has 3 heterocycles. The highest BCUT2D eigenvalue weighted by molar-refractivity contribution is 7.08. The second-order valence-electron chi connectivity index (χ2n) is 7.90. The fourth-order valence-corrected chi connectivity index (χ4v) is 4.56. The molecule has 0 unspecified atom stereocenters. The third-order valence-electron chi connectivity index (χ3n) is 5.70. The monoisotopic (exact) mass is 467 g/mol. The maximum Gasteiger partial charge on any atom is 0.246 e. The summed E-state index contributed by atoms with van der Waals surface area (Å²) in [5.74, 6) is -2.26. The van der Waals surface area contributed by atoms with E-state index in [9.17, 15) is 18.4 Å². The number of pyridine rings is 1. The van der Waals surface area contributed by atoms with Crippen molar-refractivity contribution in [2.45, 2.75) is 32.9 Å². The summed E-state index contributed by atoms with van der Waals surface area (Å²) in [5.41, 5.74) is 4.87. The lowest BCUT2D eigenvalue weighted by Gasteiger charge is -2.30. The van der Waals surface area contributed by atoms with Crippen molar-refractivity contribution in [3.8, 4) is 0 Å². The molecule has 0 fully saturated rings. The molecule has 2 amide bonds. The Bertz CT molecular complexity index is 1210. The van der Waals surface area contributed by atoms with Crippen molar-refractivity contribution in [1.29, 1.82) is 0 Å². The Morgan fingerprint density at radius 2 is 2.12 bits per heavy atom. The van der Waals surface area contributed by atoms with Crippen molar-refractivity contribution >= 4 is 29.2 Å². The summed E-state index contributed by atoms with van der Waals surface area (Å²) in [4.78, 5) is 31.0. The highest BCUT2D eigenvalue weighted by Crippen LogP contribution is 2.24. The van der Waals surface area contributed by atoms with Gasteiger partial charge in [-0.2, -0.15) is 11.3 Å². The third-order valence-corrected chi connectivity index (χ3v) is 6.43. The minimum Gasteiger partial charge on any atom is -0.352 e. The minimum absolute atomic E-state index is 0.0264. The molecule has 0 atom stereocenters. The van der Waals surface area contributed by atoms with Crippen molar-refractivity contribution in [3.63, 3.8) is 0 Å². The van der Waals surface area contributed by atoms with E-state index >= 15 is 0 Å². The molecule has 0 spiro atoms. The van der Waals surface area contributed by atoms with E-state index in [2.05, 4.69) is 10.3 Å². The fourth-order valence-electron chi connectivity index (χ4n) is 3.89. The Morgan fingerprint density at radius 3 is 2.91 bits per heavy atom. The molecule has 33 heavy (non-hydrogen) atoms. The van der Waals surface area contributed by atoms with Gasteiger partial charge in [0.05, 0.1) is 6.42 Å². The molecule has 1 aliphatic rings. The van der Waals surface area contributed by atoms with E-state index < -0.39 is 11.6 Å². The summed E-state index contributed by atoms with van der Waals surface area (Å²) in [7, 11) is 0. The van der Waals surface area contributed by atoms with Gasteiger partial charge in [-0.1, -0.05) is 12.1 Å². The number of nitrogens with one attached hydrogen (secondary N) is 1. The van der Waals surface area contributed by atoms with Gasteiger partial charge in [0, 0.05) is 43.2 Å². The van der Waals surface area contributed by atoms with E-state index in [4.69, 9.17) is 0 Å². The van der Waals surface area contributed by atoms with Crippen molar-refractivity contribution in [3.05, 3.63) is 92.4 Å².